The third-order valence-electron chi connectivity index (χ3n) is 5.02. The van der Waals surface area contributed by atoms with Gasteiger partial charge in [0.15, 0.2) is 11.5 Å². The van der Waals surface area contributed by atoms with E-state index < -0.39 is 15.9 Å². The van der Waals surface area contributed by atoms with E-state index in [0.29, 0.717) is 39.2 Å². The molecular formula is C25H25ClN2O6S. The van der Waals surface area contributed by atoms with Gasteiger partial charge < -0.3 is 19.5 Å². The molecule has 2 N–H and O–H groups in total. The van der Waals surface area contributed by atoms with Gasteiger partial charge in [0, 0.05) is 22.3 Å². The van der Waals surface area contributed by atoms with E-state index in [0.717, 1.165) is 5.56 Å². The summed E-state index contributed by atoms with van der Waals surface area (Å²) in [6.45, 7) is 1.78. The van der Waals surface area contributed by atoms with E-state index in [9.17, 15) is 13.2 Å². The van der Waals surface area contributed by atoms with Crippen molar-refractivity contribution >= 4 is 45.0 Å². The molecular weight excluding hydrogens is 492 g/mol. The predicted octanol–water partition coefficient (Wildman–Crippen LogP) is 5.13. The van der Waals surface area contributed by atoms with Crippen LogP contribution in [-0.4, -0.2) is 35.7 Å². The van der Waals surface area contributed by atoms with Crippen LogP contribution < -0.4 is 24.2 Å². The molecule has 1 amide bonds. The van der Waals surface area contributed by atoms with Crippen molar-refractivity contribution in [3.8, 4) is 17.2 Å². The molecule has 0 radical (unpaired) electrons. The number of carbonyl (C=O) groups is 1. The number of halogens is 1. The molecule has 3 aromatic carbocycles. The average Bonchev–Trinajstić information content (AvgIpc) is 2.84. The zero-order valence-electron chi connectivity index (χ0n) is 19.6. The second-order valence-electron chi connectivity index (χ2n) is 7.34. The Bertz CT molecular complexity index is 1360. The Kier molecular flexibility index (Phi) is 8.26. The largest absolute Gasteiger partial charge is 0.493 e. The van der Waals surface area contributed by atoms with Crippen molar-refractivity contribution in [3.05, 3.63) is 76.8 Å². The van der Waals surface area contributed by atoms with Crippen molar-refractivity contribution in [1.29, 1.82) is 0 Å². The Morgan fingerprint density at radius 3 is 2.23 bits per heavy atom. The summed E-state index contributed by atoms with van der Waals surface area (Å²) in [5, 5.41) is 3.11. The number of hydrogen-bond donors (Lipinski definition) is 2. The Balaban J connectivity index is 1.71. The van der Waals surface area contributed by atoms with Crippen LogP contribution in [0.1, 0.15) is 11.1 Å². The number of benzene rings is 3. The van der Waals surface area contributed by atoms with Crippen LogP contribution >= 0.6 is 11.6 Å². The summed E-state index contributed by atoms with van der Waals surface area (Å²) in [4.78, 5) is 12.5. The normalized spacial score (nSPS) is 11.2. The van der Waals surface area contributed by atoms with Gasteiger partial charge in [-0.1, -0.05) is 17.7 Å². The van der Waals surface area contributed by atoms with Gasteiger partial charge >= 0.3 is 0 Å². The second-order valence-corrected chi connectivity index (χ2v) is 9.45. The minimum atomic E-state index is -3.84. The second kappa shape index (κ2) is 11.2. The highest BCUT2D eigenvalue weighted by Gasteiger charge is 2.16. The molecule has 0 atom stereocenters. The summed E-state index contributed by atoms with van der Waals surface area (Å²) in [5.74, 6) is 0.926. The highest BCUT2D eigenvalue weighted by atomic mass is 35.5. The number of sulfonamides is 1. The van der Waals surface area contributed by atoms with Crippen molar-refractivity contribution in [2.45, 2.75) is 11.8 Å². The maximum absolute atomic E-state index is 12.7. The summed E-state index contributed by atoms with van der Waals surface area (Å²) in [6, 6.07) is 14.2. The van der Waals surface area contributed by atoms with Gasteiger partial charge in [0.05, 0.1) is 31.9 Å². The van der Waals surface area contributed by atoms with Crippen LogP contribution in [-0.2, 0) is 14.8 Å². The maximum Gasteiger partial charge on any atom is 0.261 e. The molecule has 184 valence electrons. The molecule has 0 spiro atoms. The van der Waals surface area contributed by atoms with Gasteiger partial charge in [-0.05, 0) is 67.1 Å². The molecule has 0 heterocycles. The molecule has 10 heteroatoms. The molecule has 3 aromatic rings. The molecule has 0 saturated heterocycles. The van der Waals surface area contributed by atoms with Crippen molar-refractivity contribution in [1.82, 2.24) is 0 Å². The summed E-state index contributed by atoms with van der Waals surface area (Å²) in [6.07, 6.45) is 2.91. The molecule has 0 aliphatic heterocycles. The van der Waals surface area contributed by atoms with Crippen molar-refractivity contribution in [2.75, 3.05) is 31.4 Å². The van der Waals surface area contributed by atoms with Crippen LogP contribution in [0, 0.1) is 6.92 Å². The number of carbonyl (C=O) groups excluding carboxylic acids is 1. The Hall–Kier alpha value is -3.69. The number of rotatable bonds is 9. The van der Waals surface area contributed by atoms with E-state index in [1.165, 1.54) is 51.7 Å². The number of nitrogens with one attached hydrogen (secondary N) is 2. The fraction of sp³-hybridized carbons (Fsp3) is 0.160. The van der Waals surface area contributed by atoms with Crippen LogP contribution in [0.4, 0.5) is 11.4 Å². The standard InChI is InChI=1S/C25H25ClN2O6S/c1-16-5-8-18(26)15-21(16)28-35(30,31)20-11-9-19(10-12-20)27-23(29)14-7-17-6-13-22(32-2)25(34-4)24(17)33-3/h5-15,28H,1-4H3,(H,27,29)/b14-7+. The predicted molar refractivity (Wildman–Crippen MR) is 137 cm³/mol. The van der Waals surface area contributed by atoms with Crippen LogP contribution in [0.25, 0.3) is 6.08 Å². The Labute approximate surface area is 209 Å². The van der Waals surface area contributed by atoms with Gasteiger partial charge in [0.1, 0.15) is 0 Å². The van der Waals surface area contributed by atoms with Crippen LogP contribution in [0.5, 0.6) is 17.2 Å². The molecule has 0 saturated carbocycles. The number of aryl methyl sites for hydroxylation is 1. The number of methoxy groups -OCH3 is 3. The summed E-state index contributed by atoms with van der Waals surface area (Å²) < 4.78 is 44.0. The minimum Gasteiger partial charge on any atom is -0.493 e. The first-order valence-corrected chi connectivity index (χ1v) is 12.2. The topological polar surface area (TPSA) is 103 Å². The fourth-order valence-corrected chi connectivity index (χ4v) is 4.52. The highest BCUT2D eigenvalue weighted by molar-refractivity contribution is 7.92. The van der Waals surface area contributed by atoms with Gasteiger partial charge in [-0.15, -0.1) is 0 Å². The lowest BCUT2D eigenvalue weighted by Crippen LogP contribution is -2.14. The van der Waals surface area contributed by atoms with E-state index in [-0.39, 0.29) is 4.90 Å². The molecule has 0 unspecified atom stereocenters. The van der Waals surface area contributed by atoms with Gasteiger partial charge in [-0.2, -0.15) is 0 Å². The number of ether oxygens (including phenoxy) is 3. The number of anilines is 2. The molecule has 3 rings (SSSR count). The average molecular weight is 517 g/mol. The maximum atomic E-state index is 12.7. The Morgan fingerprint density at radius 2 is 1.60 bits per heavy atom. The molecule has 0 aliphatic carbocycles. The van der Waals surface area contributed by atoms with Crippen LogP contribution in [0.15, 0.2) is 65.6 Å². The number of amides is 1. The van der Waals surface area contributed by atoms with E-state index >= 15 is 0 Å². The van der Waals surface area contributed by atoms with Crippen LogP contribution in [0.2, 0.25) is 5.02 Å². The van der Waals surface area contributed by atoms with E-state index in [4.69, 9.17) is 25.8 Å². The van der Waals surface area contributed by atoms with Gasteiger partial charge in [0.25, 0.3) is 10.0 Å². The number of hydrogen-bond acceptors (Lipinski definition) is 6. The monoisotopic (exact) mass is 516 g/mol. The lowest BCUT2D eigenvalue weighted by Gasteiger charge is -2.14. The first kappa shape index (κ1) is 25.9. The van der Waals surface area contributed by atoms with E-state index in [2.05, 4.69) is 10.0 Å². The van der Waals surface area contributed by atoms with E-state index in [1.54, 1.807) is 43.3 Å². The van der Waals surface area contributed by atoms with Crippen LogP contribution in [0.3, 0.4) is 0 Å². The van der Waals surface area contributed by atoms with E-state index in [1.807, 2.05) is 0 Å². The molecule has 0 fully saturated rings. The zero-order valence-corrected chi connectivity index (χ0v) is 21.2. The molecule has 8 nitrogen and oxygen atoms in total. The first-order chi connectivity index (χ1) is 16.7. The molecule has 35 heavy (non-hydrogen) atoms. The first-order valence-electron chi connectivity index (χ1n) is 10.4. The fourth-order valence-electron chi connectivity index (χ4n) is 3.23. The lowest BCUT2D eigenvalue weighted by atomic mass is 10.1. The minimum absolute atomic E-state index is 0.0421. The molecule has 0 bridgehead atoms. The summed E-state index contributed by atoms with van der Waals surface area (Å²) >= 11 is 5.97. The van der Waals surface area contributed by atoms with Crippen molar-refractivity contribution < 1.29 is 27.4 Å². The van der Waals surface area contributed by atoms with Crippen molar-refractivity contribution in [2.24, 2.45) is 0 Å². The van der Waals surface area contributed by atoms with Crippen molar-refractivity contribution in [3.63, 3.8) is 0 Å². The Morgan fingerprint density at radius 1 is 0.914 bits per heavy atom. The van der Waals surface area contributed by atoms with Gasteiger partial charge in [-0.3, -0.25) is 9.52 Å². The zero-order chi connectivity index (χ0) is 25.6. The summed E-state index contributed by atoms with van der Waals surface area (Å²) in [5.41, 5.74) is 2.17. The highest BCUT2D eigenvalue weighted by Crippen LogP contribution is 2.40. The lowest BCUT2D eigenvalue weighted by molar-refractivity contribution is -0.111. The molecule has 0 aliphatic rings. The van der Waals surface area contributed by atoms with Gasteiger partial charge in [-0.25, -0.2) is 8.42 Å². The SMILES string of the molecule is COc1ccc(/C=C/C(=O)Nc2ccc(S(=O)(=O)Nc3cc(Cl)ccc3C)cc2)c(OC)c1OC. The quantitative estimate of drug-likeness (QED) is 0.382. The third kappa shape index (κ3) is 6.26. The van der Waals surface area contributed by atoms with Gasteiger partial charge in [0.2, 0.25) is 11.7 Å². The smallest absolute Gasteiger partial charge is 0.261 e. The summed E-state index contributed by atoms with van der Waals surface area (Å²) in [7, 11) is 0.673. The molecule has 0 aromatic heterocycles. The third-order valence-corrected chi connectivity index (χ3v) is 6.64.